The van der Waals surface area contributed by atoms with Crippen molar-refractivity contribution in [3.8, 4) is 5.75 Å². The fourth-order valence-corrected chi connectivity index (χ4v) is 3.24. The summed E-state index contributed by atoms with van der Waals surface area (Å²) in [6, 6.07) is 9.54. The Balaban J connectivity index is 1.56. The van der Waals surface area contributed by atoms with Crippen molar-refractivity contribution in [2.24, 2.45) is 0 Å². The van der Waals surface area contributed by atoms with Crippen LogP contribution in [0.4, 0.5) is 5.82 Å². The Morgan fingerprint density at radius 2 is 2.00 bits per heavy atom. The van der Waals surface area contributed by atoms with Crippen LogP contribution < -0.4 is 15.9 Å². The Morgan fingerprint density at radius 1 is 1.28 bits per heavy atom. The van der Waals surface area contributed by atoms with Crippen LogP contribution in [0.25, 0.3) is 0 Å². The molecule has 0 bridgehead atoms. The fraction of sp³-hybridized carbons (Fsp3) is 0.368. The van der Waals surface area contributed by atoms with Crippen LogP contribution in [-0.4, -0.2) is 31.2 Å². The van der Waals surface area contributed by atoms with E-state index in [4.69, 9.17) is 15.1 Å². The molecule has 2 heterocycles. The molecule has 3 aromatic rings. The van der Waals surface area contributed by atoms with Crippen LogP contribution in [-0.2, 0) is 11.4 Å². The molecule has 10 heteroatoms. The van der Waals surface area contributed by atoms with E-state index in [1.807, 2.05) is 24.3 Å². The lowest BCUT2D eigenvalue weighted by Crippen LogP contribution is -2.24. The van der Waals surface area contributed by atoms with Crippen molar-refractivity contribution in [1.82, 2.24) is 20.0 Å². The monoisotopic (exact) mass is 416 g/mol. The summed E-state index contributed by atoms with van der Waals surface area (Å²) in [5.41, 5.74) is 1.24. The van der Waals surface area contributed by atoms with E-state index in [1.165, 1.54) is 22.0 Å². The predicted octanol–water partition coefficient (Wildman–Crippen LogP) is 3.11. The molecule has 0 aliphatic heterocycles. The average Bonchev–Trinajstić information content (AvgIpc) is 3.26. The first kappa shape index (κ1) is 20.7. The fourth-order valence-electron chi connectivity index (χ4n) is 2.45. The Bertz CT molecular complexity index is 967. The second kappa shape index (κ2) is 8.99. The van der Waals surface area contributed by atoms with Crippen LogP contribution >= 0.6 is 11.8 Å². The topological polar surface area (TPSA) is 121 Å². The van der Waals surface area contributed by atoms with E-state index in [1.54, 1.807) is 19.9 Å². The number of nitrogens with zero attached hydrogens (tertiary/aromatic N) is 4. The van der Waals surface area contributed by atoms with Gasteiger partial charge in [0.15, 0.2) is 11.6 Å². The maximum absolute atomic E-state index is 12.3. The molecule has 1 aromatic carbocycles. The zero-order valence-corrected chi connectivity index (χ0v) is 17.6. The molecule has 1 atom stereocenters. The van der Waals surface area contributed by atoms with E-state index in [0.717, 1.165) is 5.75 Å². The highest BCUT2D eigenvalue weighted by Gasteiger charge is 2.20. The van der Waals surface area contributed by atoms with E-state index in [-0.39, 0.29) is 12.5 Å². The van der Waals surface area contributed by atoms with Crippen LogP contribution in [0, 0.1) is 6.92 Å². The van der Waals surface area contributed by atoms with Gasteiger partial charge in [-0.2, -0.15) is 0 Å². The SMILES string of the molecule is Cc1cc(NC(=O)[C@H](C)Sc2nnc(COc3ccc(C(C)C)cc3)n2N)no1. The first-order valence-corrected chi connectivity index (χ1v) is 10.0. The summed E-state index contributed by atoms with van der Waals surface area (Å²) in [7, 11) is 0. The molecule has 0 aliphatic rings. The number of thioether (sulfide) groups is 1. The first-order valence-electron chi connectivity index (χ1n) is 9.16. The third-order valence-electron chi connectivity index (χ3n) is 4.18. The van der Waals surface area contributed by atoms with Crippen molar-refractivity contribution >= 4 is 23.5 Å². The second-order valence-corrected chi connectivity index (χ2v) is 8.16. The largest absolute Gasteiger partial charge is 0.486 e. The van der Waals surface area contributed by atoms with Gasteiger partial charge >= 0.3 is 0 Å². The number of anilines is 1. The molecule has 3 rings (SSSR count). The molecule has 29 heavy (non-hydrogen) atoms. The smallest absolute Gasteiger partial charge is 0.238 e. The minimum atomic E-state index is -0.462. The van der Waals surface area contributed by atoms with E-state index in [2.05, 4.69) is 34.5 Å². The zero-order chi connectivity index (χ0) is 21.0. The maximum atomic E-state index is 12.3. The number of rotatable bonds is 8. The summed E-state index contributed by atoms with van der Waals surface area (Å²) < 4.78 is 12.0. The molecule has 0 fully saturated rings. The Labute approximate surface area is 173 Å². The summed E-state index contributed by atoms with van der Waals surface area (Å²) in [4.78, 5) is 12.3. The van der Waals surface area contributed by atoms with Crippen LogP contribution in [0.2, 0.25) is 0 Å². The first-order chi connectivity index (χ1) is 13.8. The number of carbonyl (C=O) groups excluding carboxylic acids is 1. The lowest BCUT2D eigenvalue weighted by Gasteiger charge is -2.10. The van der Waals surface area contributed by atoms with Crippen LogP contribution in [0.3, 0.4) is 0 Å². The molecule has 0 saturated carbocycles. The minimum absolute atomic E-state index is 0.171. The summed E-state index contributed by atoms with van der Waals surface area (Å²) >= 11 is 1.19. The van der Waals surface area contributed by atoms with Crippen molar-refractivity contribution < 1.29 is 14.1 Å². The highest BCUT2D eigenvalue weighted by atomic mass is 32.2. The number of benzene rings is 1. The number of nitrogens with two attached hydrogens (primary N) is 1. The number of hydrogen-bond acceptors (Lipinski definition) is 8. The molecule has 0 saturated heterocycles. The van der Waals surface area contributed by atoms with Crippen molar-refractivity contribution in [2.45, 2.75) is 50.6 Å². The van der Waals surface area contributed by atoms with Gasteiger partial charge in [-0.3, -0.25) is 4.79 Å². The summed E-state index contributed by atoms with van der Waals surface area (Å²) in [5, 5.41) is 14.5. The van der Waals surface area contributed by atoms with Gasteiger partial charge in [-0.1, -0.05) is 42.9 Å². The van der Waals surface area contributed by atoms with Gasteiger partial charge in [-0.15, -0.1) is 10.2 Å². The third-order valence-corrected chi connectivity index (χ3v) is 5.24. The van der Waals surface area contributed by atoms with Crippen LogP contribution in [0.1, 0.15) is 43.8 Å². The number of amides is 1. The molecular weight excluding hydrogens is 392 g/mol. The molecule has 9 nitrogen and oxygen atoms in total. The second-order valence-electron chi connectivity index (χ2n) is 6.85. The van der Waals surface area contributed by atoms with Crippen molar-refractivity contribution in [3.05, 3.63) is 47.5 Å². The minimum Gasteiger partial charge on any atom is -0.486 e. The maximum Gasteiger partial charge on any atom is 0.238 e. The Hall–Kier alpha value is -3.01. The molecule has 0 aliphatic carbocycles. The average molecular weight is 417 g/mol. The summed E-state index contributed by atoms with van der Waals surface area (Å²) in [6.45, 7) is 7.94. The molecule has 0 spiro atoms. The summed E-state index contributed by atoms with van der Waals surface area (Å²) in [6.07, 6.45) is 0. The van der Waals surface area contributed by atoms with E-state index in [9.17, 15) is 4.79 Å². The van der Waals surface area contributed by atoms with Gasteiger partial charge in [0, 0.05) is 6.07 Å². The molecule has 2 aromatic heterocycles. The lowest BCUT2D eigenvalue weighted by molar-refractivity contribution is -0.115. The molecule has 0 radical (unpaired) electrons. The van der Waals surface area contributed by atoms with Gasteiger partial charge in [0.05, 0.1) is 5.25 Å². The van der Waals surface area contributed by atoms with Gasteiger partial charge in [0.25, 0.3) is 0 Å². The highest BCUT2D eigenvalue weighted by Crippen LogP contribution is 2.23. The molecule has 3 N–H and O–H groups in total. The van der Waals surface area contributed by atoms with E-state index >= 15 is 0 Å². The Kier molecular flexibility index (Phi) is 6.42. The quantitative estimate of drug-likeness (QED) is 0.424. The number of aromatic nitrogens is 4. The number of aryl methyl sites for hydroxylation is 1. The van der Waals surface area contributed by atoms with Gasteiger partial charge < -0.3 is 20.4 Å². The molecular formula is C19H24N6O3S. The number of hydrogen-bond donors (Lipinski definition) is 2. The number of ether oxygens (including phenoxy) is 1. The van der Waals surface area contributed by atoms with Crippen molar-refractivity contribution in [3.63, 3.8) is 0 Å². The highest BCUT2D eigenvalue weighted by molar-refractivity contribution is 8.00. The standard InChI is InChI=1S/C19H24N6O3S/c1-11(2)14-5-7-15(8-6-14)27-10-17-22-23-19(25(17)20)29-13(4)18(26)21-16-9-12(3)28-24-16/h5-9,11,13H,10,20H2,1-4H3,(H,21,24,26)/t13-/m0/s1. The third kappa shape index (κ3) is 5.29. The number of carbonyl (C=O) groups is 1. The normalized spacial score (nSPS) is 12.2. The van der Waals surface area contributed by atoms with Crippen molar-refractivity contribution in [2.75, 3.05) is 11.2 Å². The van der Waals surface area contributed by atoms with Crippen molar-refractivity contribution in [1.29, 1.82) is 0 Å². The predicted molar refractivity (Wildman–Crippen MR) is 110 cm³/mol. The van der Waals surface area contributed by atoms with Gasteiger partial charge in [0.2, 0.25) is 11.1 Å². The van der Waals surface area contributed by atoms with E-state index in [0.29, 0.717) is 28.5 Å². The number of nitrogen functional groups attached to an aromatic ring is 1. The molecule has 154 valence electrons. The molecule has 0 unspecified atom stereocenters. The van der Waals surface area contributed by atoms with E-state index < -0.39 is 5.25 Å². The van der Waals surface area contributed by atoms with Crippen LogP contribution in [0.15, 0.2) is 40.0 Å². The lowest BCUT2D eigenvalue weighted by atomic mass is 10.0. The Morgan fingerprint density at radius 3 is 2.62 bits per heavy atom. The van der Waals surface area contributed by atoms with Crippen LogP contribution in [0.5, 0.6) is 5.75 Å². The molecule has 1 amide bonds. The zero-order valence-electron chi connectivity index (χ0n) is 16.7. The van der Waals surface area contributed by atoms with Gasteiger partial charge in [-0.25, -0.2) is 4.68 Å². The van der Waals surface area contributed by atoms with Gasteiger partial charge in [-0.05, 0) is 37.5 Å². The summed E-state index contributed by atoms with van der Waals surface area (Å²) in [5.74, 6) is 8.45. The number of nitrogens with one attached hydrogen (secondary N) is 1. The van der Waals surface area contributed by atoms with Gasteiger partial charge in [0.1, 0.15) is 18.1 Å².